The Morgan fingerprint density at radius 3 is 2.47 bits per heavy atom. The van der Waals surface area contributed by atoms with Crippen LogP contribution >= 0.6 is 0 Å². The zero-order valence-corrected chi connectivity index (χ0v) is 21.1. The molecule has 8 heteroatoms. The molecule has 1 fully saturated rings. The highest BCUT2D eigenvalue weighted by Gasteiger charge is 2.39. The van der Waals surface area contributed by atoms with E-state index in [2.05, 4.69) is 15.2 Å². The third-order valence-corrected chi connectivity index (χ3v) is 7.09. The Bertz CT molecular complexity index is 1220. The lowest BCUT2D eigenvalue weighted by atomic mass is 9.76. The summed E-state index contributed by atoms with van der Waals surface area (Å²) in [4.78, 5) is 31.9. The monoisotopic (exact) mass is 490 g/mol. The molecule has 1 saturated carbocycles. The quantitative estimate of drug-likeness (QED) is 0.326. The zero-order chi connectivity index (χ0) is 25.7. The first-order chi connectivity index (χ1) is 17.3. The van der Waals surface area contributed by atoms with E-state index in [9.17, 15) is 9.59 Å². The number of ether oxygens (including phenoxy) is 1. The molecule has 0 bridgehead atoms. The third-order valence-electron chi connectivity index (χ3n) is 7.09. The summed E-state index contributed by atoms with van der Waals surface area (Å²) in [5, 5.41) is 13.2. The molecule has 2 aromatic carbocycles. The van der Waals surface area contributed by atoms with E-state index >= 15 is 0 Å². The summed E-state index contributed by atoms with van der Waals surface area (Å²) in [6.07, 6.45) is 3.09. The van der Waals surface area contributed by atoms with Crippen LogP contribution in [0.25, 0.3) is 10.9 Å². The topological polar surface area (TPSA) is 104 Å². The highest BCUT2D eigenvalue weighted by molar-refractivity contribution is 5.95. The van der Waals surface area contributed by atoms with E-state index in [1.54, 1.807) is 29.7 Å². The largest absolute Gasteiger partial charge is 0.489 e. The maximum absolute atomic E-state index is 13.1. The average Bonchev–Trinajstić information content (AvgIpc) is 2.87. The lowest BCUT2D eigenvalue weighted by molar-refractivity contribution is -0.131. The van der Waals surface area contributed by atoms with Gasteiger partial charge in [-0.25, -0.2) is 5.48 Å². The minimum absolute atomic E-state index is 0.0376. The van der Waals surface area contributed by atoms with Crippen LogP contribution in [0.3, 0.4) is 0 Å². The van der Waals surface area contributed by atoms with Crippen molar-refractivity contribution in [3.63, 3.8) is 0 Å². The third kappa shape index (κ3) is 6.01. The van der Waals surface area contributed by atoms with Gasteiger partial charge in [0.1, 0.15) is 12.4 Å². The number of rotatable bonds is 8. The first-order valence-corrected chi connectivity index (χ1v) is 12.3. The normalized spacial score (nSPS) is 19.8. The predicted molar refractivity (Wildman–Crippen MR) is 138 cm³/mol. The summed E-state index contributed by atoms with van der Waals surface area (Å²) < 4.78 is 6.02. The number of aryl methyl sites for hydroxylation is 1. The molecular weight excluding hydrogens is 456 g/mol. The lowest BCUT2D eigenvalue weighted by Crippen LogP contribution is -2.54. The highest BCUT2D eigenvalue weighted by atomic mass is 16.5. The van der Waals surface area contributed by atoms with E-state index in [0.29, 0.717) is 36.8 Å². The number of carbonyl (C=O) groups is 2. The van der Waals surface area contributed by atoms with Gasteiger partial charge in [0.05, 0.1) is 11.9 Å². The Morgan fingerprint density at radius 2 is 1.81 bits per heavy atom. The van der Waals surface area contributed by atoms with Crippen LogP contribution in [0.2, 0.25) is 0 Å². The van der Waals surface area contributed by atoms with Gasteiger partial charge in [-0.1, -0.05) is 18.2 Å². The summed E-state index contributed by atoms with van der Waals surface area (Å²) in [6, 6.07) is 17.4. The standard InChI is InChI=1S/C28H34N4O4/c1-19-16-21(24-6-4-5-7-25(24)29-19)18-36-23-10-8-20(9-11-23)27(34)30-28(17-26(33)31-35)14-12-22(13-15-28)32(2)3/h4-11,16,22,35H,12-15,17-18H2,1-3H3,(H,30,34)(H,31,33). The Balaban J connectivity index is 1.42. The summed E-state index contributed by atoms with van der Waals surface area (Å²) in [6.45, 7) is 2.36. The molecule has 0 aliphatic heterocycles. The molecular formula is C28H34N4O4. The maximum Gasteiger partial charge on any atom is 0.251 e. The van der Waals surface area contributed by atoms with Crippen molar-refractivity contribution >= 4 is 22.7 Å². The minimum Gasteiger partial charge on any atom is -0.489 e. The molecule has 8 nitrogen and oxygen atoms in total. The van der Waals surface area contributed by atoms with E-state index in [4.69, 9.17) is 9.94 Å². The second kappa shape index (κ2) is 11.1. The number of nitrogens with one attached hydrogen (secondary N) is 2. The number of nitrogens with zero attached hydrogens (tertiary/aromatic N) is 2. The molecule has 0 saturated heterocycles. The van der Waals surface area contributed by atoms with Crippen molar-refractivity contribution in [2.75, 3.05) is 14.1 Å². The van der Waals surface area contributed by atoms with Gasteiger partial charge in [0.25, 0.3) is 5.91 Å². The molecule has 0 unspecified atom stereocenters. The van der Waals surface area contributed by atoms with Crippen LogP contribution in [0.5, 0.6) is 5.75 Å². The number of carbonyl (C=O) groups excluding carboxylic acids is 2. The van der Waals surface area contributed by atoms with Crippen molar-refractivity contribution in [2.45, 2.75) is 57.2 Å². The maximum atomic E-state index is 13.1. The number of pyridine rings is 1. The van der Waals surface area contributed by atoms with E-state index < -0.39 is 11.4 Å². The van der Waals surface area contributed by atoms with Crippen LogP contribution in [0, 0.1) is 6.92 Å². The van der Waals surface area contributed by atoms with Crippen LogP contribution < -0.4 is 15.5 Å². The smallest absolute Gasteiger partial charge is 0.251 e. The van der Waals surface area contributed by atoms with Crippen molar-refractivity contribution in [2.24, 2.45) is 0 Å². The fraction of sp³-hybridized carbons (Fsp3) is 0.393. The number of amides is 2. The second-order valence-corrected chi connectivity index (χ2v) is 9.89. The number of fused-ring (bicyclic) bond motifs is 1. The van der Waals surface area contributed by atoms with Gasteiger partial charge in [-0.05, 0) is 83.1 Å². The molecule has 36 heavy (non-hydrogen) atoms. The number of benzene rings is 2. The number of hydrogen-bond donors (Lipinski definition) is 3. The summed E-state index contributed by atoms with van der Waals surface area (Å²) in [7, 11) is 4.08. The molecule has 1 aliphatic rings. The first-order valence-electron chi connectivity index (χ1n) is 12.3. The van der Waals surface area contributed by atoms with Gasteiger partial charge in [-0.2, -0.15) is 0 Å². The zero-order valence-electron chi connectivity index (χ0n) is 21.1. The number of hydrogen-bond acceptors (Lipinski definition) is 6. The second-order valence-electron chi connectivity index (χ2n) is 9.89. The lowest BCUT2D eigenvalue weighted by Gasteiger charge is -2.42. The number of para-hydroxylation sites is 1. The van der Waals surface area contributed by atoms with Crippen molar-refractivity contribution in [3.05, 3.63) is 71.4 Å². The van der Waals surface area contributed by atoms with Gasteiger partial charge in [0.2, 0.25) is 5.91 Å². The summed E-state index contributed by atoms with van der Waals surface area (Å²) in [5.41, 5.74) is 4.44. The summed E-state index contributed by atoms with van der Waals surface area (Å²) in [5.74, 6) is -0.0847. The Kier molecular flexibility index (Phi) is 7.86. The van der Waals surface area contributed by atoms with Crippen LogP contribution in [0.1, 0.15) is 53.7 Å². The van der Waals surface area contributed by atoms with Gasteiger partial charge in [0.15, 0.2) is 0 Å². The fourth-order valence-corrected chi connectivity index (χ4v) is 5.06. The molecule has 4 rings (SSSR count). The molecule has 0 radical (unpaired) electrons. The van der Waals surface area contributed by atoms with E-state index in [0.717, 1.165) is 35.0 Å². The molecule has 2 amide bonds. The van der Waals surface area contributed by atoms with Gasteiger partial charge in [-0.3, -0.25) is 19.8 Å². The van der Waals surface area contributed by atoms with E-state index in [1.807, 2.05) is 51.4 Å². The van der Waals surface area contributed by atoms with Crippen molar-refractivity contribution in [1.29, 1.82) is 0 Å². The molecule has 3 aromatic rings. The Hall–Kier alpha value is -3.49. The van der Waals surface area contributed by atoms with Crippen molar-refractivity contribution in [3.8, 4) is 5.75 Å². The minimum atomic E-state index is -0.689. The van der Waals surface area contributed by atoms with E-state index in [1.165, 1.54) is 0 Å². The van der Waals surface area contributed by atoms with Crippen LogP contribution in [-0.2, 0) is 11.4 Å². The van der Waals surface area contributed by atoms with Gasteiger partial charge in [0, 0.05) is 33.8 Å². The SMILES string of the molecule is Cc1cc(COc2ccc(C(=O)NC3(CC(=O)NO)CCC(N(C)C)CC3)cc2)c2ccccc2n1. The molecule has 0 spiro atoms. The summed E-state index contributed by atoms with van der Waals surface area (Å²) >= 11 is 0. The fourth-order valence-electron chi connectivity index (χ4n) is 5.06. The van der Waals surface area contributed by atoms with E-state index in [-0.39, 0.29) is 12.3 Å². The van der Waals surface area contributed by atoms with Crippen molar-refractivity contribution in [1.82, 2.24) is 20.7 Å². The Morgan fingerprint density at radius 1 is 1.11 bits per heavy atom. The molecule has 3 N–H and O–H groups in total. The Labute approximate surface area is 211 Å². The molecule has 0 atom stereocenters. The number of hydroxylamine groups is 1. The van der Waals surface area contributed by atoms with Gasteiger partial charge >= 0.3 is 0 Å². The van der Waals surface area contributed by atoms with Crippen LogP contribution in [-0.4, -0.2) is 52.6 Å². The van der Waals surface area contributed by atoms with Gasteiger partial charge in [-0.15, -0.1) is 0 Å². The number of aromatic nitrogens is 1. The van der Waals surface area contributed by atoms with Crippen LogP contribution in [0.15, 0.2) is 54.6 Å². The van der Waals surface area contributed by atoms with Crippen molar-refractivity contribution < 1.29 is 19.5 Å². The predicted octanol–water partition coefficient (Wildman–Crippen LogP) is 3.99. The average molecular weight is 491 g/mol. The first kappa shape index (κ1) is 25.6. The molecule has 1 aliphatic carbocycles. The van der Waals surface area contributed by atoms with Gasteiger partial charge < -0.3 is 15.0 Å². The molecule has 1 heterocycles. The molecule has 190 valence electrons. The van der Waals surface area contributed by atoms with Crippen LogP contribution in [0.4, 0.5) is 0 Å². The molecule has 1 aromatic heterocycles. The highest BCUT2D eigenvalue weighted by Crippen LogP contribution is 2.33.